The molecule has 2 nitrogen and oxygen atoms in total. The van der Waals surface area contributed by atoms with Crippen molar-refractivity contribution in [3.63, 3.8) is 0 Å². The molecule has 0 aromatic heterocycles. The molecule has 138 valence electrons. The van der Waals surface area contributed by atoms with E-state index < -0.39 is 14.4 Å². The van der Waals surface area contributed by atoms with E-state index in [1.54, 1.807) is 6.07 Å². The van der Waals surface area contributed by atoms with Gasteiger partial charge in [0.15, 0.2) is 0 Å². The van der Waals surface area contributed by atoms with Gasteiger partial charge in [-0.25, -0.2) is 0 Å². The number of fused-ring (bicyclic) bond motifs is 1. The zero-order chi connectivity index (χ0) is 19.2. The quantitative estimate of drug-likeness (QED) is 0.363. The maximum atomic E-state index is 10.5. The molecule has 0 saturated heterocycles. The molecule has 0 unspecified atom stereocenters. The summed E-state index contributed by atoms with van der Waals surface area (Å²) in [5.74, 6) is 0.338. The number of anilines is 1. The first-order valence-electron chi connectivity index (χ1n) is 9.81. The molecule has 0 saturated carbocycles. The summed E-state index contributed by atoms with van der Waals surface area (Å²) >= 11 is -1.37. The molecule has 0 spiro atoms. The van der Waals surface area contributed by atoms with E-state index in [1.807, 2.05) is 6.07 Å². The molecule has 27 heavy (non-hydrogen) atoms. The second-order valence-electron chi connectivity index (χ2n) is 7.43. The Hall–Kier alpha value is -2.21. The first kappa shape index (κ1) is 19.6. The minimum Gasteiger partial charge on any atom is -0.506 e. The highest BCUT2D eigenvalue weighted by Gasteiger charge is 2.25. The molecule has 3 rings (SSSR count). The van der Waals surface area contributed by atoms with Crippen molar-refractivity contribution in [2.75, 3.05) is 4.30 Å². The lowest BCUT2D eigenvalue weighted by Crippen LogP contribution is -2.31. The predicted molar refractivity (Wildman–Crippen MR) is 120 cm³/mol. The lowest BCUT2D eigenvalue weighted by atomic mass is 10.1. The van der Waals surface area contributed by atoms with Crippen LogP contribution in [0.25, 0.3) is 16.8 Å². The molecule has 3 aromatic carbocycles. The summed E-state index contributed by atoms with van der Waals surface area (Å²) in [6, 6.07) is 21.0. The largest absolute Gasteiger partial charge is 0.506 e. The Kier molecular flexibility index (Phi) is 6.61. The fourth-order valence-electron chi connectivity index (χ4n) is 3.36. The van der Waals surface area contributed by atoms with E-state index in [1.165, 1.54) is 16.3 Å². The number of phenolic OH excluding ortho intramolecular Hbond substituents is 1. The van der Waals surface area contributed by atoms with Crippen molar-refractivity contribution in [2.45, 2.75) is 37.3 Å². The van der Waals surface area contributed by atoms with Gasteiger partial charge in [0.2, 0.25) is 0 Å². The average Bonchev–Trinajstić information content (AvgIpc) is 2.67. The van der Waals surface area contributed by atoms with Crippen LogP contribution >= 0.6 is 0 Å². The Labute approximate surface area is 167 Å². The first-order chi connectivity index (χ1) is 13.1. The first-order valence-corrected chi connectivity index (χ1v) is 11.9. The average molecular weight is 373 g/mol. The molecule has 0 bridgehead atoms. The third-order valence-electron chi connectivity index (χ3n) is 5.01. The maximum Gasteiger partial charge on any atom is 0.419 e. The lowest BCUT2D eigenvalue weighted by molar-refractivity contribution is 0.478. The Balaban J connectivity index is 1.87. The highest BCUT2D eigenvalue weighted by atomic mass is 27.2. The molecule has 0 heterocycles. The minimum atomic E-state index is -1.37. The Morgan fingerprint density at radius 1 is 1.00 bits per heavy atom. The molecule has 0 radical (unpaired) electrons. The van der Waals surface area contributed by atoms with Gasteiger partial charge in [-0.2, -0.15) is 0 Å². The third kappa shape index (κ3) is 4.95. The molecule has 3 heteroatoms. The Morgan fingerprint density at radius 2 is 1.78 bits per heavy atom. The van der Waals surface area contributed by atoms with Crippen LogP contribution in [0.3, 0.4) is 0 Å². The zero-order valence-corrected chi connectivity index (χ0v) is 17.6. The van der Waals surface area contributed by atoms with Crippen molar-refractivity contribution in [3.8, 4) is 5.75 Å². The molecule has 0 amide bonds. The Bertz CT molecular complexity index is 933. The van der Waals surface area contributed by atoms with E-state index >= 15 is 0 Å². The van der Waals surface area contributed by atoms with E-state index in [9.17, 15) is 5.11 Å². The predicted octanol–water partition coefficient (Wildman–Crippen LogP) is 6.56. The van der Waals surface area contributed by atoms with Crippen molar-refractivity contribution in [3.05, 3.63) is 77.9 Å². The van der Waals surface area contributed by atoms with Crippen molar-refractivity contribution in [1.29, 1.82) is 0 Å². The minimum absolute atomic E-state index is 0.338. The number of hydrogen-bond donors (Lipinski definition) is 2. The normalized spacial score (nSPS) is 11.4. The number of hydrogen-bond acceptors (Lipinski definition) is 2. The van der Waals surface area contributed by atoms with E-state index in [4.69, 9.17) is 0 Å². The summed E-state index contributed by atoms with van der Waals surface area (Å²) in [5, 5.41) is 14.1. The third-order valence-corrected chi connectivity index (χ3v) is 8.19. The summed E-state index contributed by atoms with van der Waals surface area (Å²) in [4.78, 5) is 0. The molecular formula is C24H28AlNO. The molecule has 0 aliphatic heterocycles. The van der Waals surface area contributed by atoms with Crippen LogP contribution in [0.2, 0.25) is 4.78 Å². The van der Waals surface area contributed by atoms with Crippen LogP contribution in [0.15, 0.2) is 66.7 Å². The van der Waals surface area contributed by atoms with Gasteiger partial charge >= 0.3 is 14.4 Å². The topological polar surface area (TPSA) is 32.3 Å². The van der Waals surface area contributed by atoms with Crippen molar-refractivity contribution in [2.24, 2.45) is 0 Å². The smallest absolute Gasteiger partial charge is 0.419 e. The number of phenols is 1. The maximum absolute atomic E-state index is 10.5. The second-order valence-corrected chi connectivity index (χ2v) is 10.7. The van der Waals surface area contributed by atoms with Gasteiger partial charge in [0, 0.05) is 0 Å². The van der Waals surface area contributed by atoms with Crippen LogP contribution in [-0.4, -0.2) is 19.5 Å². The molecule has 2 N–H and O–H groups in total. The van der Waals surface area contributed by atoms with Crippen LogP contribution < -0.4 is 4.30 Å². The van der Waals surface area contributed by atoms with Gasteiger partial charge in [-0.05, 0) is 34.1 Å². The van der Waals surface area contributed by atoms with Crippen molar-refractivity contribution in [1.82, 2.24) is 0 Å². The number of para-hydroxylation sites is 1. The number of benzene rings is 3. The van der Waals surface area contributed by atoms with Crippen LogP contribution in [0.5, 0.6) is 5.75 Å². The molecule has 0 fully saturated rings. The summed E-state index contributed by atoms with van der Waals surface area (Å²) in [7, 11) is 0. The number of aromatic hydroxyl groups is 1. The molecule has 0 atom stereocenters. The fourth-order valence-corrected chi connectivity index (χ4v) is 5.71. The van der Waals surface area contributed by atoms with Gasteiger partial charge in [-0.15, -0.1) is 0 Å². The highest BCUT2D eigenvalue weighted by molar-refractivity contribution is 6.63. The SMILES string of the molecule is CC/C=C\c1cccc(O)c1[NH][Al]([CH2]c1ccc2ccccc2c1)[CH](C)C. The summed E-state index contributed by atoms with van der Waals surface area (Å²) < 4.78 is 4.33. The van der Waals surface area contributed by atoms with Gasteiger partial charge in [0.1, 0.15) is 5.75 Å². The van der Waals surface area contributed by atoms with Gasteiger partial charge in [-0.3, -0.25) is 0 Å². The standard InChI is InChI=1S/C11H9.C10H12NO.C3H7.Al/c1-9-6-7-10-4-2-3-5-11(10)8-9;1-2-3-5-8-6-4-7-9(12)10(8)11;1-3-2;/h2-8H,1H2;3-7,11-12H,2H2,1H3;3H,1-2H3;/q;-1;;+1/b;5-3-;;. The summed E-state index contributed by atoms with van der Waals surface area (Å²) in [5.41, 5.74) is 3.31. The van der Waals surface area contributed by atoms with Crippen molar-refractivity contribution >= 4 is 36.9 Å². The van der Waals surface area contributed by atoms with Gasteiger partial charge in [0.05, 0.1) is 5.69 Å². The second kappa shape index (κ2) is 9.13. The van der Waals surface area contributed by atoms with Gasteiger partial charge in [0.25, 0.3) is 0 Å². The Morgan fingerprint density at radius 3 is 2.52 bits per heavy atom. The molecular weight excluding hydrogens is 345 g/mol. The molecule has 3 aromatic rings. The van der Waals surface area contributed by atoms with Gasteiger partial charge < -0.3 is 9.41 Å². The van der Waals surface area contributed by atoms with E-state index in [2.05, 4.69) is 85.8 Å². The van der Waals surface area contributed by atoms with E-state index in [0.29, 0.717) is 10.5 Å². The van der Waals surface area contributed by atoms with Crippen LogP contribution in [0, 0.1) is 0 Å². The number of allylic oxidation sites excluding steroid dienone is 1. The number of nitrogens with one attached hydrogen (secondary N) is 1. The van der Waals surface area contributed by atoms with Crippen LogP contribution in [-0.2, 0) is 5.28 Å². The summed E-state index contributed by atoms with van der Waals surface area (Å²) in [6.45, 7) is 6.69. The lowest BCUT2D eigenvalue weighted by Gasteiger charge is -2.21. The molecule has 0 aliphatic carbocycles. The fraction of sp³-hybridized carbons (Fsp3) is 0.250. The van der Waals surface area contributed by atoms with E-state index in [-0.39, 0.29) is 0 Å². The molecule has 0 aliphatic rings. The monoisotopic (exact) mass is 373 g/mol. The summed E-state index contributed by atoms with van der Waals surface area (Å²) in [6.07, 6.45) is 5.22. The van der Waals surface area contributed by atoms with Gasteiger partial charge in [-0.1, -0.05) is 97.9 Å². The highest BCUT2D eigenvalue weighted by Crippen LogP contribution is 2.31. The number of rotatable bonds is 7. The van der Waals surface area contributed by atoms with Crippen LogP contribution in [0.4, 0.5) is 5.69 Å². The van der Waals surface area contributed by atoms with E-state index in [0.717, 1.165) is 23.0 Å². The zero-order valence-electron chi connectivity index (χ0n) is 16.4. The van der Waals surface area contributed by atoms with Crippen molar-refractivity contribution < 1.29 is 5.11 Å². The van der Waals surface area contributed by atoms with Crippen LogP contribution in [0.1, 0.15) is 38.3 Å².